The van der Waals surface area contributed by atoms with Crippen LogP contribution in [0.3, 0.4) is 0 Å². The van der Waals surface area contributed by atoms with E-state index in [-0.39, 0.29) is 11.6 Å². The first-order valence-corrected chi connectivity index (χ1v) is 7.83. The highest BCUT2D eigenvalue weighted by molar-refractivity contribution is 6.33. The van der Waals surface area contributed by atoms with Crippen molar-refractivity contribution in [3.8, 4) is 5.75 Å². The van der Waals surface area contributed by atoms with Gasteiger partial charge in [0.1, 0.15) is 23.6 Å². The summed E-state index contributed by atoms with van der Waals surface area (Å²) in [7, 11) is 1.54. The number of carbonyl (C=O) groups is 1. The first-order chi connectivity index (χ1) is 12.2. The van der Waals surface area contributed by atoms with Gasteiger partial charge in [0.25, 0.3) is 5.91 Å². The summed E-state index contributed by atoms with van der Waals surface area (Å²) >= 11 is 6.12. The number of aromatic nitrogens is 2. The quantitative estimate of drug-likeness (QED) is 0.720. The summed E-state index contributed by atoms with van der Waals surface area (Å²) < 4.78 is 5.22. The van der Waals surface area contributed by atoms with Crippen molar-refractivity contribution in [3.63, 3.8) is 0 Å². The zero-order chi connectivity index (χ0) is 17.6. The maximum atomic E-state index is 12.4. The van der Waals surface area contributed by atoms with Gasteiger partial charge in [-0.05, 0) is 24.3 Å². The standard InChI is InChI=1S/C18H15ClN4O2/c1-25-16-9-5-4-8-14(16)23-18(24)15-10-17(21-11-20-15)22-13-7-3-2-6-12(13)19/h2-11H,1H3,(H,23,24)(H,20,21,22). The lowest BCUT2D eigenvalue weighted by molar-refractivity contribution is 0.102. The highest BCUT2D eigenvalue weighted by atomic mass is 35.5. The van der Waals surface area contributed by atoms with E-state index in [0.717, 1.165) is 0 Å². The van der Waals surface area contributed by atoms with Gasteiger partial charge in [-0.25, -0.2) is 9.97 Å². The number of hydrogen-bond donors (Lipinski definition) is 2. The Balaban J connectivity index is 1.79. The summed E-state index contributed by atoms with van der Waals surface area (Å²) in [6.07, 6.45) is 1.32. The molecule has 1 amide bonds. The molecule has 3 aromatic rings. The van der Waals surface area contributed by atoms with E-state index in [9.17, 15) is 4.79 Å². The van der Waals surface area contributed by atoms with Gasteiger partial charge in [0, 0.05) is 6.07 Å². The largest absolute Gasteiger partial charge is 0.495 e. The molecule has 25 heavy (non-hydrogen) atoms. The second-order valence-electron chi connectivity index (χ2n) is 5.05. The van der Waals surface area contributed by atoms with E-state index < -0.39 is 0 Å². The number of halogens is 1. The van der Waals surface area contributed by atoms with Crippen molar-refractivity contribution in [3.05, 3.63) is 71.6 Å². The fraction of sp³-hybridized carbons (Fsp3) is 0.0556. The molecular weight excluding hydrogens is 340 g/mol. The molecule has 0 aliphatic rings. The molecular formula is C18H15ClN4O2. The second kappa shape index (κ2) is 7.63. The van der Waals surface area contributed by atoms with Crippen LogP contribution in [0.15, 0.2) is 60.9 Å². The van der Waals surface area contributed by atoms with E-state index in [0.29, 0.717) is 28.0 Å². The van der Waals surface area contributed by atoms with E-state index >= 15 is 0 Å². The number of anilines is 3. The molecule has 0 radical (unpaired) electrons. The van der Waals surface area contributed by atoms with E-state index in [4.69, 9.17) is 16.3 Å². The SMILES string of the molecule is COc1ccccc1NC(=O)c1cc(Nc2ccccc2Cl)ncn1. The number of rotatable bonds is 5. The topological polar surface area (TPSA) is 76.1 Å². The zero-order valence-corrected chi connectivity index (χ0v) is 14.1. The van der Waals surface area contributed by atoms with Gasteiger partial charge < -0.3 is 15.4 Å². The summed E-state index contributed by atoms with van der Waals surface area (Å²) in [6, 6.07) is 16.0. The molecule has 0 aliphatic carbocycles. The number of benzene rings is 2. The Labute approximate surface area is 149 Å². The Morgan fingerprint density at radius 1 is 1.04 bits per heavy atom. The Kier molecular flexibility index (Phi) is 5.11. The number of amides is 1. The van der Waals surface area contributed by atoms with Crippen LogP contribution in [0.5, 0.6) is 5.75 Å². The van der Waals surface area contributed by atoms with E-state index in [2.05, 4.69) is 20.6 Å². The molecule has 2 N–H and O–H groups in total. The summed E-state index contributed by atoms with van der Waals surface area (Å²) in [5, 5.41) is 6.39. The lowest BCUT2D eigenvalue weighted by atomic mass is 10.2. The Hall–Kier alpha value is -3.12. The normalized spacial score (nSPS) is 10.2. The van der Waals surface area contributed by atoms with Crippen molar-refractivity contribution < 1.29 is 9.53 Å². The van der Waals surface area contributed by atoms with Gasteiger partial charge in [0.2, 0.25) is 0 Å². The van der Waals surface area contributed by atoms with Crippen LogP contribution in [0.1, 0.15) is 10.5 Å². The fourth-order valence-corrected chi connectivity index (χ4v) is 2.37. The molecule has 6 nitrogen and oxygen atoms in total. The van der Waals surface area contributed by atoms with Crippen LogP contribution < -0.4 is 15.4 Å². The first-order valence-electron chi connectivity index (χ1n) is 7.45. The molecule has 0 atom stereocenters. The van der Waals surface area contributed by atoms with Crippen LogP contribution in [0.2, 0.25) is 5.02 Å². The third-order valence-electron chi connectivity index (χ3n) is 3.39. The molecule has 3 rings (SSSR count). The average Bonchev–Trinajstić information content (AvgIpc) is 2.64. The third-order valence-corrected chi connectivity index (χ3v) is 3.72. The maximum Gasteiger partial charge on any atom is 0.274 e. The third kappa shape index (κ3) is 4.05. The predicted octanol–water partition coefficient (Wildman–Crippen LogP) is 4.13. The van der Waals surface area contributed by atoms with Crippen LogP contribution in [-0.4, -0.2) is 23.0 Å². The van der Waals surface area contributed by atoms with Crippen molar-refractivity contribution in [2.24, 2.45) is 0 Å². The van der Waals surface area contributed by atoms with Crippen molar-refractivity contribution in [1.82, 2.24) is 9.97 Å². The van der Waals surface area contributed by atoms with Gasteiger partial charge in [-0.3, -0.25) is 4.79 Å². The average molecular weight is 355 g/mol. The fourth-order valence-electron chi connectivity index (χ4n) is 2.18. The van der Waals surface area contributed by atoms with Gasteiger partial charge >= 0.3 is 0 Å². The molecule has 1 heterocycles. The zero-order valence-electron chi connectivity index (χ0n) is 13.4. The number of ether oxygens (including phenoxy) is 1. The van der Waals surface area contributed by atoms with E-state index in [1.54, 1.807) is 31.4 Å². The van der Waals surface area contributed by atoms with Gasteiger partial charge in [-0.1, -0.05) is 35.9 Å². The van der Waals surface area contributed by atoms with Gasteiger partial charge in [0.15, 0.2) is 0 Å². The summed E-state index contributed by atoms with van der Waals surface area (Å²) in [4.78, 5) is 20.6. The maximum absolute atomic E-state index is 12.4. The molecule has 0 bridgehead atoms. The molecule has 0 fully saturated rings. The Morgan fingerprint density at radius 2 is 1.76 bits per heavy atom. The Bertz CT molecular complexity index is 902. The number of nitrogens with one attached hydrogen (secondary N) is 2. The molecule has 0 saturated heterocycles. The molecule has 1 aromatic heterocycles. The molecule has 0 saturated carbocycles. The Morgan fingerprint density at radius 3 is 2.52 bits per heavy atom. The minimum atomic E-state index is -0.367. The molecule has 0 aliphatic heterocycles. The van der Waals surface area contributed by atoms with Crippen molar-refractivity contribution >= 4 is 34.7 Å². The van der Waals surface area contributed by atoms with Crippen molar-refractivity contribution in [2.75, 3.05) is 17.7 Å². The molecule has 126 valence electrons. The van der Waals surface area contributed by atoms with Crippen molar-refractivity contribution in [1.29, 1.82) is 0 Å². The van der Waals surface area contributed by atoms with Gasteiger partial charge in [0.05, 0.1) is 23.5 Å². The summed E-state index contributed by atoms with van der Waals surface area (Å²) in [5.74, 6) is 0.668. The van der Waals surface area contributed by atoms with E-state index in [1.807, 2.05) is 30.3 Å². The number of hydrogen-bond acceptors (Lipinski definition) is 5. The number of para-hydroxylation sites is 3. The van der Waals surface area contributed by atoms with Crippen LogP contribution in [0, 0.1) is 0 Å². The molecule has 0 spiro atoms. The minimum Gasteiger partial charge on any atom is -0.495 e. The lowest BCUT2D eigenvalue weighted by Gasteiger charge is -2.10. The second-order valence-corrected chi connectivity index (χ2v) is 5.45. The smallest absolute Gasteiger partial charge is 0.274 e. The highest BCUT2D eigenvalue weighted by Crippen LogP contribution is 2.25. The van der Waals surface area contributed by atoms with Crippen molar-refractivity contribution in [2.45, 2.75) is 0 Å². The minimum absolute atomic E-state index is 0.218. The molecule has 7 heteroatoms. The number of carbonyl (C=O) groups excluding carboxylic acids is 1. The lowest BCUT2D eigenvalue weighted by Crippen LogP contribution is -2.15. The van der Waals surface area contributed by atoms with Crippen LogP contribution in [0.25, 0.3) is 0 Å². The van der Waals surface area contributed by atoms with Crippen LogP contribution in [-0.2, 0) is 0 Å². The summed E-state index contributed by atoms with van der Waals surface area (Å²) in [6.45, 7) is 0. The van der Waals surface area contributed by atoms with E-state index in [1.165, 1.54) is 6.33 Å². The van der Waals surface area contributed by atoms with Crippen LogP contribution in [0.4, 0.5) is 17.2 Å². The number of methoxy groups -OCH3 is 1. The first kappa shape index (κ1) is 16.7. The van der Waals surface area contributed by atoms with Gasteiger partial charge in [-0.15, -0.1) is 0 Å². The van der Waals surface area contributed by atoms with Crippen LogP contribution >= 0.6 is 11.6 Å². The highest BCUT2D eigenvalue weighted by Gasteiger charge is 2.12. The van der Waals surface area contributed by atoms with Gasteiger partial charge in [-0.2, -0.15) is 0 Å². The number of nitrogens with zero attached hydrogens (tertiary/aromatic N) is 2. The summed E-state index contributed by atoms with van der Waals surface area (Å²) in [5.41, 5.74) is 1.48. The monoisotopic (exact) mass is 354 g/mol. The molecule has 2 aromatic carbocycles. The molecule has 0 unspecified atom stereocenters. The predicted molar refractivity (Wildman–Crippen MR) is 97.7 cm³/mol.